The van der Waals surface area contributed by atoms with Crippen molar-refractivity contribution in [3.05, 3.63) is 127 Å². The minimum Gasteiger partial charge on any atom is -0.310 e. The van der Waals surface area contributed by atoms with Crippen molar-refractivity contribution in [3.63, 3.8) is 0 Å². The number of nitrogens with zero attached hydrogens (tertiary/aromatic N) is 1. The molecule has 29 heavy (non-hydrogen) atoms. The van der Waals surface area contributed by atoms with E-state index in [1.807, 2.05) is 0 Å². The summed E-state index contributed by atoms with van der Waals surface area (Å²) in [4.78, 5) is 2.34. The lowest BCUT2D eigenvalue weighted by molar-refractivity contribution is 1.29. The third-order valence-corrected chi connectivity index (χ3v) is 5.24. The molecular weight excluding hydrogens is 350 g/mol. The van der Waals surface area contributed by atoms with Crippen LogP contribution >= 0.6 is 0 Å². The molecule has 0 aromatic heterocycles. The van der Waals surface area contributed by atoms with Crippen LogP contribution in [0.5, 0.6) is 0 Å². The Morgan fingerprint density at radius 1 is 0.414 bits per heavy atom. The van der Waals surface area contributed by atoms with Gasteiger partial charge in [0.05, 0.1) is 5.69 Å². The summed E-state index contributed by atoms with van der Waals surface area (Å²) < 4.78 is 0. The molecule has 0 spiro atoms. The number of anilines is 3. The maximum Gasteiger partial charge on any atom is 0.0540 e. The summed E-state index contributed by atoms with van der Waals surface area (Å²) in [6.45, 7) is 0. The molecule has 1 nitrogen and oxygen atoms in total. The predicted octanol–water partition coefficient (Wildman–Crippen LogP) is 7.98. The highest BCUT2D eigenvalue weighted by Gasteiger charge is 2.16. The second kappa shape index (κ2) is 7.65. The lowest BCUT2D eigenvalue weighted by Crippen LogP contribution is -2.11. The molecule has 0 N–H and O–H groups in total. The van der Waals surface area contributed by atoms with Crippen molar-refractivity contribution in [3.8, 4) is 11.1 Å². The van der Waals surface area contributed by atoms with Gasteiger partial charge in [0, 0.05) is 16.9 Å². The average Bonchev–Trinajstić information content (AvgIpc) is 2.81. The topological polar surface area (TPSA) is 3.24 Å². The molecule has 0 aliphatic heterocycles. The standard InChI is InChI=1S/C28H21N/c1-3-12-23(13-4-1)27-17-9-10-18-28(27)29(25-15-5-2-6-16-25)26-20-19-22-11-7-8-14-24(22)21-26/h1-21H. The molecule has 138 valence electrons. The van der Waals surface area contributed by atoms with Crippen molar-refractivity contribution >= 4 is 27.8 Å². The van der Waals surface area contributed by atoms with Gasteiger partial charge in [-0.3, -0.25) is 0 Å². The smallest absolute Gasteiger partial charge is 0.0540 e. The van der Waals surface area contributed by atoms with E-state index in [0.717, 1.165) is 11.4 Å². The first-order chi connectivity index (χ1) is 14.4. The van der Waals surface area contributed by atoms with Crippen molar-refractivity contribution in [2.24, 2.45) is 0 Å². The fourth-order valence-electron chi connectivity index (χ4n) is 3.85. The molecule has 0 amide bonds. The third kappa shape index (κ3) is 3.39. The zero-order valence-corrected chi connectivity index (χ0v) is 16.1. The summed E-state index contributed by atoms with van der Waals surface area (Å²) in [6.07, 6.45) is 0. The fourth-order valence-corrected chi connectivity index (χ4v) is 3.85. The SMILES string of the molecule is c1ccc(-c2ccccc2N(c2ccccc2)c2ccc3ccccc3c2)cc1. The van der Waals surface area contributed by atoms with Crippen LogP contribution in [-0.4, -0.2) is 0 Å². The van der Waals surface area contributed by atoms with Crippen LogP contribution in [0.25, 0.3) is 21.9 Å². The lowest BCUT2D eigenvalue weighted by Gasteiger charge is -2.28. The quantitative estimate of drug-likeness (QED) is 0.309. The van der Waals surface area contributed by atoms with Crippen LogP contribution in [0.15, 0.2) is 127 Å². The normalized spacial score (nSPS) is 10.8. The van der Waals surface area contributed by atoms with Crippen LogP contribution in [0.4, 0.5) is 17.1 Å². The minimum absolute atomic E-state index is 1.14. The van der Waals surface area contributed by atoms with Crippen molar-refractivity contribution in [2.45, 2.75) is 0 Å². The highest BCUT2D eigenvalue weighted by molar-refractivity contribution is 5.92. The van der Waals surface area contributed by atoms with E-state index < -0.39 is 0 Å². The Labute approximate surface area is 171 Å². The van der Waals surface area contributed by atoms with E-state index in [1.54, 1.807) is 0 Å². The first-order valence-corrected chi connectivity index (χ1v) is 9.88. The van der Waals surface area contributed by atoms with Crippen molar-refractivity contribution in [1.82, 2.24) is 0 Å². The third-order valence-electron chi connectivity index (χ3n) is 5.24. The summed E-state index contributed by atoms with van der Waals surface area (Å²) in [7, 11) is 0. The van der Waals surface area contributed by atoms with E-state index in [4.69, 9.17) is 0 Å². The summed E-state index contributed by atoms with van der Waals surface area (Å²) >= 11 is 0. The molecule has 5 aromatic carbocycles. The first-order valence-electron chi connectivity index (χ1n) is 9.88. The minimum atomic E-state index is 1.14. The van der Waals surface area contributed by atoms with E-state index in [0.29, 0.717) is 0 Å². The molecule has 0 aliphatic rings. The second-order valence-electron chi connectivity index (χ2n) is 7.09. The largest absolute Gasteiger partial charge is 0.310 e. The molecular formula is C28H21N. The molecule has 0 saturated carbocycles. The second-order valence-corrected chi connectivity index (χ2v) is 7.09. The van der Waals surface area contributed by atoms with Gasteiger partial charge in [-0.15, -0.1) is 0 Å². The molecule has 0 saturated heterocycles. The number of hydrogen-bond donors (Lipinski definition) is 0. The van der Waals surface area contributed by atoms with Gasteiger partial charge in [0.1, 0.15) is 0 Å². The monoisotopic (exact) mass is 371 g/mol. The summed E-state index contributed by atoms with van der Waals surface area (Å²) in [5, 5.41) is 2.49. The molecule has 1 heteroatoms. The molecule has 0 aliphatic carbocycles. The first kappa shape index (κ1) is 17.3. The molecule has 0 bridgehead atoms. The molecule has 0 fully saturated rings. The van der Waals surface area contributed by atoms with E-state index in [9.17, 15) is 0 Å². The highest BCUT2D eigenvalue weighted by atomic mass is 15.1. The van der Waals surface area contributed by atoms with Gasteiger partial charge in [-0.05, 0) is 46.7 Å². The van der Waals surface area contributed by atoms with Crippen LogP contribution < -0.4 is 4.90 Å². The number of benzene rings is 5. The highest BCUT2D eigenvalue weighted by Crippen LogP contribution is 2.41. The van der Waals surface area contributed by atoms with Crippen LogP contribution in [0.1, 0.15) is 0 Å². The van der Waals surface area contributed by atoms with E-state index in [1.165, 1.54) is 27.6 Å². The van der Waals surface area contributed by atoms with Gasteiger partial charge in [0.2, 0.25) is 0 Å². The predicted molar refractivity (Wildman–Crippen MR) is 124 cm³/mol. The Hall–Kier alpha value is -3.84. The Morgan fingerprint density at radius 2 is 1.03 bits per heavy atom. The number of rotatable bonds is 4. The van der Waals surface area contributed by atoms with Crippen LogP contribution in [0, 0.1) is 0 Å². The summed E-state index contributed by atoms with van der Waals surface area (Å²) in [6, 6.07) is 44.9. The number of hydrogen-bond acceptors (Lipinski definition) is 1. The molecule has 5 rings (SSSR count). The molecule has 5 aromatic rings. The van der Waals surface area contributed by atoms with Crippen LogP contribution in [-0.2, 0) is 0 Å². The fraction of sp³-hybridized carbons (Fsp3) is 0. The van der Waals surface area contributed by atoms with E-state index in [-0.39, 0.29) is 0 Å². The summed E-state index contributed by atoms with van der Waals surface area (Å²) in [5.41, 5.74) is 5.89. The molecule has 0 atom stereocenters. The Morgan fingerprint density at radius 3 is 1.83 bits per heavy atom. The zero-order chi connectivity index (χ0) is 19.5. The van der Waals surface area contributed by atoms with E-state index in [2.05, 4.69) is 132 Å². The molecule has 0 unspecified atom stereocenters. The van der Waals surface area contributed by atoms with Crippen LogP contribution in [0.2, 0.25) is 0 Å². The van der Waals surface area contributed by atoms with E-state index >= 15 is 0 Å². The Balaban J connectivity index is 1.74. The summed E-state index contributed by atoms with van der Waals surface area (Å²) in [5.74, 6) is 0. The number of para-hydroxylation sites is 2. The van der Waals surface area contributed by atoms with Gasteiger partial charge in [-0.1, -0.05) is 97.1 Å². The average molecular weight is 371 g/mol. The lowest BCUT2D eigenvalue weighted by atomic mass is 10.0. The van der Waals surface area contributed by atoms with Gasteiger partial charge in [-0.2, -0.15) is 0 Å². The van der Waals surface area contributed by atoms with Gasteiger partial charge in [0.25, 0.3) is 0 Å². The maximum absolute atomic E-state index is 2.34. The van der Waals surface area contributed by atoms with Gasteiger partial charge in [0.15, 0.2) is 0 Å². The number of fused-ring (bicyclic) bond motifs is 1. The van der Waals surface area contributed by atoms with Gasteiger partial charge in [-0.25, -0.2) is 0 Å². The zero-order valence-electron chi connectivity index (χ0n) is 16.1. The van der Waals surface area contributed by atoms with Crippen molar-refractivity contribution in [1.29, 1.82) is 0 Å². The van der Waals surface area contributed by atoms with Crippen LogP contribution in [0.3, 0.4) is 0 Å². The van der Waals surface area contributed by atoms with Crippen molar-refractivity contribution in [2.75, 3.05) is 4.90 Å². The molecule has 0 heterocycles. The Bertz CT molecular complexity index is 1240. The Kier molecular flexibility index (Phi) is 4.56. The van der Waals surface area contributed by atoms with Crippen molar-refractivity contribution < 1.29 is 0 Å². The van der Waals surface area contributed by atoms with Gasteiger partial charge < -0.3 is 4.90 Å². The maximum atomic E-state index is 2.34. The van der Waals surface area contributed by atoms with Gasteiger partial charge >= 0.3 is 0 Å². The molecule has 0 radical (unpaired) electrons.